The Labute approximate surface area is 104 Å². The Morgan fingerprint density at radius 1 is 1.39 bits per heavy atom. The summed E-state index contributed by atoms with van der Waals surface area (Å²) >= 11 is 0. The van der Waals surface area contributed by atoms with E-state index < -0.39 is 18.0 Å². The number of aliphatic hydroxyl groups is 1. The molecule has 1 amide bonds. The van der Waals surface area contributed by atoms with Crippen LogP contribution in [0.3, 0.4) is 0 Å². The number of ether oxygens (including phenoxy) is 2. The van der Waals surface area contributed by atoms with E-state index in [2.05, 4.69) is 15.0 Å². The summed E-state index contributed by atoms with van der Waals surface area (Å²) in [6, 6.07) is 2.71. The summed E-state index contributed by atoms with van der Waals surface area (Å²) in [6.45, 7) is 1.32. The van der Waals surface area contributed by atoms with Crippen molar-refractivity contribution in [1.82, 2.24) is 4.98 Å². The van der Waals surface area contributed by atoms with E-state index in [1.807, 2.05) is 0 Å². The fourth-order valence-corrected chi connectivity index (χ4v) is 1.14. The molecule has 0 saturated heterocycles. The second kappa shape index (κ2) is 5.97. The van der Waals surface area contributed by atoms with Gasteiger partial charge in [-0.1, -0.05) is 0 Å². The lowest BCUT2D eigenvalue weighted by atomic mass is 10.2. The molecule has 1 aromatic rings. The molecule has 0 fully saturated rings. The number of hydrogen-bond donors (Lipinski definition) is 2. The van der Waals surface area contributed by atoms with Crippen molar-refractivity contribution in [3.63, 3.8) is 0 Å². The Balaban J connectivity index is 3.04. The predicted octanol–water partition coefficient (Wildman–Crippen LogP) is 0.196. The van der Waals surface area contributed by atoms with Crippen molar-refractivity contribution in [3.8, 4) is 5.88 Å². The molecule has 7 nitrogen and oxygen atoms in total. The first kappa shape index (κ1) is 13.9. The van der Waals surface area contributed by atoms with E-state index in [1.54, 1.807) is 0 Å². The zero-order valence-electron chi connectivity index (χ0n) is 10.3. The highest BCUT2D eigenvalue weighted by Gasteiger charge is 2.14. The van der Waals surface area contributed by atoms with E-state index in [-0.39, 0.29) is 17.3 Å². The van der Waals surface area contributed by atoms with Gasteiger partial charge in [-0.05, 0) is 13.0 Å². The first-order valence-corrected chi connectivity index (χ1v) is 5.11. The van der Waals surface area contributed by atoms with Crippen molar-refractivity contribution in [1.29, 1.82) is 0 Å². The van der Waals surface area contributed by atoms with Crippen LogP contribution in [0.5, 0.6) is 5.88 Å². The molecule has 0 aliphatic rings. The largest absolute Gasteiger partial charge is 0.481 e. The molecule has 1 atom stereocenters. The third kappa shape index (κ3) is 3.42. The minimum atomic E-state index is -1.18. The van der Waals surface area contributed by atoms with Crippen LogP contribution in [0.25, 0.3) is 0 Å². The minimum absolute atomic E-state index is 0.0978. The van der Waals surface area contributed by atoms with Crippen molar-refractivity contribution in [2.75, 3.05) is 19.5 Å². The van der Waals surface area contributed by atoms with Gasteiger partial charge in [-0.15, -0.1) is 0 Å². The molecule has 0 spiro atoms. The van der Waals surface area contributed by atoms with Crippen LogP contribution in [0.2, 0.25) is 0 Å². The number of nitrogens with one attached hydrogen (secondary N) is 1. The molecule has 1 heterocycles. The Morgan fingerprint density at radius 3 is 2.56 bits per heavy atom. The second-order valence-corrected chi connectivity index (χ2v) is 3.44. The van der Waals surface area contributed by atoms with Crippen molar-refractivity contribution in [2.24, 2.45) is 0 Å². The molecule has 1 aromatic heterocycles. The highest BCUT2D eigenvalue weighted by molar-refractivity contribution is 5.95. The molecule has 98 valence electrons. The van der Waals surface area contributed by atoms with Crippen LogP contribution in [0.1, 0.15) is 17.3 Å². The Bertz CT molecular complexity index is 459. The number of pyridine rings is 1. The van der Waals surface area contributed by atoms with Crippen molar-refractivity contribution >= 4 is 17.7 Å². The summed E-state index contributed by atoms with van der Waals surface area (Å²) in [5.74, 6) is -0.964. The smallest absolute Gasteiger partial charge is 0.338 e. The standard InChI is InChI=1S/C11H14N2O5/c1-6(14)10(15)13-8-4-7(11(16)18-3)5-9(12-8)17-2/h4-6,14H,1-3H3,(H,12,13,15). The van der Waals surface area contributed by atoms with E-state index >= 15 is 0 Å². The van der Waals surface area contributed by atoms with Gasteiger partial charge >= 0.3 is 5.97 Å². The molecule has 0 saturated carbocycles. The molecule has 0 aliphatic carbocycles. The quantitative estimate of drug-likeness (QED) is 0.745. The number of hydrogen-bond acceptors (Lipinski definition) is 6. The van der Waals surface area contributed by atoms with Crippen LogP contribution in [0.15, 0.2) is 12.1 Å². The molecule has 1 unspecified atom stereocenters. The lowest BCUT2D eigenvalue weighted by Crippen LogP contribution is -2.25. The van der Waals surface area contributed by atoms with Crippen molar-refractivity contribution in [2.45, 2.75) is 13.0 Å². The Kier molecular flexibility index (Phi) is 4.61. The van der Waals surface area contributed by atoms with Crippen LogP contribution in [0.4, 0.5) is 5.82 Å². The number of carbonyl (C=O) groups excluding carboxylic acids is 2. The molecule has 0 radical (unpaired) electrons. The molecule has 0 aromatic carbocycles. The summed E-state index contributed by atoms with van der Waals surface area (Å²) in [7, 11) is 2.62. The first-order valence-electron chi connectivity index (χ1n) is 5.11. The van der Waals surface area contributed by atoms with Gasteiger partial charge in [0.1, 0.15) is 11.9 Å². The fourth-order valence-electron chi connectivity index (χ4n) is 1.14. The molecular formula is C11H14N2O5. The van der Waals surface area contributed by atoms with Gasteiger partial charge in [0.05, 0.1) is 19.8 Å². The Hall–Kier alpha value is -2.15. The van der Waals surface area contributed by atoms with Gasteiger partial charge in [0.2, 0.25) is 5.88 Å². The van der Waals surface area contributed by atoms with Crippen molar-refractivity contribution in [3.05, 3.63) is 17.7 Å². The number of aliphatic hydroxyl groups excluding tert-OH is 1. The minimum Gasteiger partial charge on any atom is -0.481 e. The summed E-state index contributed by atoms with van der Waals surface area (Å²) in [5.41, 5.74) is 0.185. The van der Waals surface area contributed by atoms with Gasteiger partial charge in [-0.2, -0.15) is 4.98 Å². The number of aromatic nitrogens is 1. The van der Waals surface area contributed by atoms with Gasteiger partial charge in [0, 0.05) is 6.07 Å². The van der Waals surface area contributed by atoms with E-state index in [4.69, 9.17) is 9.84 Å². The zero-order valence-corrected chi connectivity index (χ0v) is 10.3. The Morgan fingerprint density at radius 2 is 2.06 bits per heavy atom. The van der Waals surface area contributed by atoms with Gasteiger partial charge in [-0.3, -0.25) is 4.79 Å². The lowest BCUT2D eigenvalue weighted by molar-refractivity contribution is -0.123. The summed E-state index contributed by atoms with van der Waals surface area (Å²) < 4.78 is 9.46. The SMILES string of the molecule is COC(=O)c1cc(NC(=O)C(C)O)nc(OC)c1. The van der Waals surface area contributed by atoms with E-state index in [1.165, 1.54) is 33.3 Å². The van der Waals surface area contributed by atoms with Gasteiger partial charge in [0.15, 0.2) is 0 Å². The highest BCUT2D eigenvalue weighted by Crippen LogP contribution is 2.16. The molecular weight excluding hydrogens is 240 g/mol. The maximum atomic E-state index is 11.4. The van der Waals surface area contributed by atoms with E-state index in [9.17, 15) is 9.59 Å². The maximum Gasteiger partial charge on any atom is 0.338 e. The molecule has 0 aliphatic heterocycles. The maximum absolute atomic E-state index is 11.4. The first-order chi connectivity index (χ1) is 8.47. The molecule has 1 rings (SSSR count). The fraction of sp³-hybridized carbons (Fsp3) is 0.364. The van der Waals surface area contributed by atoms with E-state index in [0.717, 1.165) is 0 Å². The summed E-state index contributed by atoms with van der Waals surface area (Å²) in [6.07, 6.45) is -1.18. The summed E-state index contributed by atoms with van der Waals surface area (Å²) in [4.78, 5) is 26.6. The number of anilines is 1. The number of esters is 1. The second-order valence-electron chi connectivity index (χ2n) is 3.44. The van der Waals surface area contributed by atoms with Crippen LogP contribution < -0.4 is 10.1 Å². The van der Waals surface area contributed by atoms with Gasteiger partial charge < -0.3 is 19.9 Å². The number of rotatable bonds is 4. The normalized spacial score (nSPS) is 11.6. The monoisotopic (exact) mass is 254 g/mol. The number of amides is 1. The molecule has 18 heavy (non-hydrogen) atoms. The third-order valence-electron chi connectivity index (χ3n) is 2.06. The summed E-state index contributed by atoms with van der Waals surface area (Å²) in [5, 5.41) is 11.4. The molecule has 7 heteroatoms. The number of nitrogens with zero attached hydrogens (tertiary/aromatic N) is 1. The van der Waals surface area contributed by atoms with Crippen LogP contribution >= 0.6 is 0 Å². The van der Waals surface area contributed by atoms with Crippen LogP contribution in [0, 0.1) is 0 Å². The van der Waals surface area contributed by atoms with Gasteiger partial charge in [0.25, 0.3) is 5.91 Å². The van der Waals surface area contributed by atoms with Crippen molar-refractivity contribution < 1.29 is 24.2 Å². The lowest BCUT2D eigenvalue weighted by Gasteiger charge is -2.09. The zero-order chi connectivity index (χ0) is 13.7. The average Bonchev–Trinajstić information content (AvgIpc) is 2.37. The topological polar surface area (TPSA) is 97.8 Å². The predicted molar refractivity (Wildman–Crippen MR) is 62.4 cm³/mol. The van der Waals surface area contributed by atoms with Crippen LogP contribution in [-0.4, -0.2) is 42.3 Å². The van der Waals surface area contributed by atoms with Gasteiger partial charge in [-0.25, -0.2) is 4.79 Å². The molecule has 2 N–H and O–H groups in total. The molecule has 0 bridgehead atoms. The average molecular weight is 254 g/mol. The third-order valence-corrected chi connectivity index (χ3v) is 2.06. The number of methoxy groups -OCH3 is 2. The van der Waals surface area contributed by atoms with E-state index in [0.29, 0.717) is 0 Å². The van der Waals surface area contributed by atoms with Crippen LogP contribution in [-0.2, 0) is 9.53 Å². The highest BCUT2D eigenvalue weighted by atomic mass is 16.5. The number of carbonyl (C=O) groups is 2.